The summed E-state index contributed by atoms with van der Waals surface area (Å²) in [6.45, 7) is 5.40. The maximum Gasteiger partial charge on any atom is 0.196 e. The van der Waals surface area contributed by atoms with Crippen LogP contribution in [-0.2, 0) is 0 Å². The summed E-state index contributed by atoms with van der Waals surface area (Å²) in [6.07, 6.45) is 2.58. The van der Waals surface area contributed by atoms with Crippen LogP contribution in [0.15, 0.2) is 39.8 Å². The van der Waals surface area contributed by atoms with Crippen LogP contribution < -0.4 is 11.2 Å². The zero-order valence-corrected chi connectivity index (χ0v) is 13.2. The van der Waals surface area contributed by atoms with Crippen molar-refractivity contribution in [3.8, 4) is 11.3 Å². The molecule has 1 atom stereocenters. The number of nitrogens with zero attached hydrogens (tertiary/aromatic N) is 1. The summed E-state index contributed by atoms with van der Waals surface area (Å²) in [7, 11) is 0. The Morgan fingerprint density at radius 1 is 1.22 bits per heavy atom. The topological polar surface area (TPSA) is 69.1 Å². The van der Waals surface area contributed by atoms with E-state index in [0.717, 1.165) is 17.3 Å². The number of aryl methyl sites for hydroxylation is 1. The molecule has 4 nitrogen and oxygen atoms in total. The van der Waals surface area contributed by atoms with E-state index in [0.29, 0.717) is 27.9 Å². The van der Waals surface area contributed by atoms with Crippen molar-refractivity contribution in [1.82, 2.24) is 4.98 Å². The van der Waals surface area contributed by atoms with Crippen LogP contribution in [0.4, 0.5) is 4.39 Å². The molecule has 0 saturated carbocycles. The van der Waals surface area contributed by atoms with Gasteiger partial charge in [-0.25, -0.2) is 4.39 Å². The van der Waals surface area contributed by atoms with Gasteiger partial charge in [0.05, 0.1) is 11.6 Å². The number of hydrogen-bond acceptors (Lipinski definition) is 4. The molecule has 0 saturated heterocycles. The molecule has 1 unspecified atom stereocenters. The minimum atomic E-state index is -0.485. The van der Waals surface area contributed by atoms with Gasteiger partial charge in [0.2, 0.25) is 0 Å². The van der Waals surface area contributed by atoms with Crippen molar-refractivity contribution in [2.75, 3.05) is 0 Å². The van der Waals surface area contributed by atoms with Gasteiger partial charge in [-0.2, -0.15) is 0 Å². The molecule has 2 heterocycles. The Kier molecular flexibility index (Phi) is 3.74. The number of pyridine rings is 1. The van der Waals surface area contributed by atoms with E-state index in [2.05, 4.69) is 4.98 Å². The molecule has 0 amide bonds. The van der Waals surface area contributed by atoms with E-state index in [1.807, 2.05) is 19.9 Å². The van der Waals surface area contributed by atoms with Crippen LogP contribution in [0.3, 0.4) is 0 Å². The highest BCUT2D eigenvalue weighted by atomic mass is 19.1. The third-order valence-electron chi connectivity index (χ3n) is 3.85. The molecule has 0 radical (unpaired) electrons. The molecule has 5 heteroatoms. The van der Waals surface area contributed by atoms with Crippen LogP contribution in [0.2, 0.25) is 0 Å². The molecule has 0 spiro atoms. The average molecular weight is 312 g/mol. The molecular weight excluding hydrogens is 295 g/mol. The lowest BCUT2D eigenvalue weighted by molar-refractivity contribution is 0.597. The Morgan fingerprint density at radius 3 is 2.61 bits per heavy atom. The van der Waals surface area contributed by atoms with Crippen molar-refractivity contribution in [2.45, 2.75) is 26.8 Å². The van der Waals surface area contributed by atoms with Crippen molar-refractivity contribution in [2.24, 2.45) is 5.73 Å². The lowest BCUT2D eigenvalue weighted by atomic mass is 10.00. The number of fused-ring (bicyclic) bond motifs is 1. The highest BCUT2D eigenvalue weighted by Crippen LogP contribution is 2.30. The summed E-state index contributed by atoms with van der Waals surface area (Å²) in [5.41, 5.74) is 8.86. The summed E-state index contributed by atoms with van der Waals surface area (Å²) >= 11 is 0. The SMILES string of the molecule is Cc1cc(C(C)N)c2oc(-c3cncc(F)c3)c(C)c(=O)c2c1. The summed E-state index contributed by atoms with van der Waals surface area (Å²) in [5, 5.41) is 0.489. The fourth-order valence-electron chi connectivity index (χ4n) is 2.72. The van der Waals surface area contributed by atoms with Gasteiger partial charge in [-0.1, -0.05) is 6.07 Å². The molecule has 2 aromatic heterocycles. The molecule has 3 rings (SSSR count). The minimum Gasteiger partial charge on any atom is -0.455 e. The first-order valence-corrected chi connectivity index (χ1v) is 7.33. The lowest BCUT2D eigenvalue weighted by Gasteiger charge is -2.13. The van der Waals surface area contributed by atoms with Gasteiger partial charge in [0, 0.05) is 28.9 Å². The summed E-state index contributed by atoms with van der Waals surface area (Å²) in [6, 6.07) is 4.69. The van der Waals surface area contributed by atoms with Crippen LogP contribution in [-0.4, -0.2) is 4.98 Å². The lowest BCUT2D eigenvalue weighted by Crippen LogP contribution is -2.12. The third-order valence-corrected chi connectivity index (χ3v) is 3.85. The number of benzene rings is 1. The molecule has 0 fully saturated rings. The molecule has 3 aromatic rings. The van der Waals surface area contributed by atoms with Gasteiger partial charge in [0.25, 0.3) is 0 Å². The van der Waals surface area contributed by atoms with E-state index in [1.165, 1.54) is 12.3 Å². The Hall–Kier alpha value is -2.53. The molecule has 1 aromatic carbocycles. The van der Waals surface area contributed by atoms with Crippen molar-refractivity contribution >= 4 is 11.0 Å². The van der Waals surface area contributed by atoms with Gasteiger partial charge in [0.15, 0.2) is 5.43 Å². The average Bonchev–Trinajstić information content (AvgIpc) is 2.50. The van der Waals surface area contributed by atoms with Crippen LogP contribution in [0.25, 0.3) is 22.3 Å². The Bertz CT molecular complexity index is 961. The second-order valence-corrected chi connectivity index (χ2v) is 5.80. The summed E-state index contributed by atoms with van der Waals surface area (Å²) < 4.78 is 19.4. The second kappa shape index (κ2) is 5.59. The first kappa shape index (κ1) is 15.4. The van der Waals surface area contributed by atoms with E-state index in [4.69, 9.17) is 10.2 Å². The standard InChI is InChI=1S/C18H17FN2O2/c1-9-4-14(11(3)20)18-15(5-9)16(22)10(2)17(23-18)12-6-13(19)8-21-7-12/h4-8,11H,20H2,1-3H3. The molecule has 2 N–H and O–H groups in total. The normalized spacial score (nSPS) is 12.6. The molecular formula is C18H17FN2O2. The summed E-state index contributed by atoms with van der Waals surface area (Å²) in [5.74, 6) is -0.166. The number of aromatic nitrogens is 1. The van der Waals surface area contributed by atoms with E-state index in [-0.39, 0.29) is 11.5 Å². The Labute approximate surface area is 132 Å². The van der Waals surface area contributed by atoms with E-state index in [1.54, 1.807) is 13.0 Å². The number of halogens is 1. The van der Waals surface area contributed by atoms with Crippen molar-refractivity contribution in [3.05, 3.63) is 63.3 Å². The van der Waals surface area contributed by atoms with Gasteiger partial charge in [-0.3, -0.25) is 9.78 Å². The molecule has 0 aliphatic carbocycles. The van der Waals surface area contributed by atoms with Crippen LogP contribution >= 0.6 is 0 Å². The monoisotopic (exact) mass is 312 g/mol. The number of hydrogen-bond donors (Lipinski definition) is 1. The Morgan fingerprint density at radius 2 is 1.96 bits per heavy atom. The Balaban J connectivity index is 2.42. The minimum absolute atomic E-state index is 0.142. The maximum atomic E-state index is 13.5. The fraction of sp³-hybridized carbons (Fsp3) is 0.222. The zero-order valence-electron chi connectivity index (χ0n) is 13.2. The second-order valence-electron chi connectivity index (χ2n) is 5.80. The number of rotatable bonds is 2. The smallest absolute Gasteiger partial charge is 0.196 e. The van der Waals surface area contributed by atoms with Crippen molar-refractivity contribution in [1.29, 1.82) is 0 Å². The highest BCUT2D eigenvalue weighted by molar-refractivity contribution is 5.84. The van der Waals surface area contributed by atoms with Crippen molar-refractivity contribution < 1.29 is 8.81 Å². The van der Waals surface area contributed by atoms with E-state index in [9.17, 15) is 9.18 Å². The van der Waals surface area contributed by atoms with Gasteiger partial charge in [-0.15, -0.1) is 0 Å². The predicted octanol–water partition coefficient (Wildman–Crippen LogP) is 3.63. The maximum absolute atomic E-state index is 13.5. The molecule has 118 valence electrons. The molecule has 0 aliphatic heterocycles. The molecule has 0 bridgehead atoms. The van der Waals surface area contributed by atoms with Crippen molar-refractivity contribution in [3.63, 3.8) is 0 Å². The molecule has 0 aliphatic rings. The zero-order chi connectivity index (χ0) is 16.7. The number of nitrogens with two attached hydrogens (primary N) is 1. The molecule has 23 heavy (non-hydrogen) atoms. The predicted molar refractivity (Wildman–Crippen MR) is 87.7 cm³/mol. The van der Waals surface area contributed by atoms with Gasteiger partial charge >= 0.3 is 0 Å². The van der Waals surface area contributed by atoms with Gasteiger partial charge in [-0.05, 0) is 38.5 Å². The quantitative estimate of drug-likeness (QED) is 0.784. The van der Waals surface area contributed by atoms with Crippen LogP contribution in [0.1, 0.15) is 29.7 Å². The largest absolute Gasteiger partial charge is 0.455 e. The fourth-order valence-corrected chi connectivity index (χ4v) is 2.72. The van der Waals surface area contributed by atoms with E-state index < -0.39 is 5.82 Å². The van der Waals surface area contributed by atoms with Gasteiger partial charge in [0.1, 0.15) is 17.2 Å². The van der Waals surface area contributed by atoms with Crippen LogP contribution in [0.5, 0.6) is 0 Å². The third kappa shape index (κ3) is 2.64. The highest BCUT2D eigenvalue weighted by Gasteiger charge is 2.17. The van der Waals surface area contributed by atoms with E-state index >= 15 is 0 Å². The summed E-state index contributed by atoms with van der Waals surface area (Å²) in [4.78, 5) is 16.5. The van der Waals surface area contributed by atoms with Crippen LogP contribution in [0, 0.1) is 19.7 Å². The first-order chi connectivity index (χ1) is 10.9. The first-order valence-electron chi connectivity index (χ1n) is 7.33. The van der Waals surface area contributed by atoms with Gasteiger partial charge < -0.3 is 10.2 Å².